The zero-order chi connectivity index (χ0) is 23.1. The summed E-state index contributed by atoms with van der Waals surface area (Å²) in [6.07, 6.45) is 4.05. The molecule has 1 amide bonds. The molecule has 1 aromatic carbocycles. The summed E-state index contributed by atoms with van der Waals surface area (Å²) in [4.78, 5) is 35.0. The van der Waals surface area contributed by atoms with E-state index in [9.17, 15) is 9.59 Å². The summed E-state index contributed by atoms with van der Waals surface area (Å²) in [6, 6.07) is 10.8. The quantitative estimate of drug-likeness (QED) is 0.663. The van der Waals surface area contributed by atoms with E-state index in [1.165, 1.54) is 24.0 Å². The number of hydrogen-bond donors (Lipinski definition) is 1. The summed E-state index contributed by atoms with van der Waals surface area (Å²) in [5, 5.41) is 3.38. The fraction of sp³-hybridized carbons (Fsp3) is 0.500. The summed E-state index contributed by atoms with van der Waals surface area (Å²) in [6.45, 7) is 8.87. The van der Waals surface area contributed by atoms with Crippen molar-refractivity contribution in [1.82, 2.24) is 24.4 Å². The van der Waals surface area contributed by atoms with E-state index in [0.29, 0.717) is 30.7 Å². The lowest BCUT2D eigenvalue weighted by Crippen LogP contribution is -2.41. The molecule has 2 aliphatic heterocycles. The summed E-state index contributed by atoms with van der Waals surface area (Å²) in [5.74, 6) is 0.0139. The molecule has 7 heteroatoms. The van der Waals surface area contributed by atoms with Gasteiger partial charge in [-0.15, -0.1) is 0 Å². The lowest BCUT2D eigenvalue weighted by Gasteiger charge is -2.35. The van der Waals surface area contributed by atoms with E-state index in [0.717, 1.165) is 30.9 Å². The van der Waals surface area contributed by atoms with Crippen LogP contribution in [0, 0.1) is 12.8 Å². The zero-order valence-corrected chi connectivity index (χ0v) is 19.8. The Balaban J connectivity index is 1.47. The molecule has 0 saturated carbocycles. The number of aromatic nitrogens is 3. The van der Waals surface area contributed by atoms with Crippen molar-refractivity contribution in [3.8, 4) is 0 Å². The topological polar surface area (TPSA) is 73.7 Å². The van der Waals surface area contributed by atoms with E-state index >= 15 is 0 Å². The molecule has 0 radical (unpaired) electrons. The van der Waals surface area contributed by atoms with Crippen LogP contribution in [0.25, 0.3) is 5.65 Å². The normalized spacial score (nSPS) is 19.3. The number of carbonyl (C=O) groups is 1. The number of rotatable bonds is 4. The largest absolute Gasteiger partial charge is 0.337 e. The van der Waals surface area contributed by atoms with Crippen molar-refractivity contribution in [2.24, 2.45) is 5.92 Å². The lowest BCUT2D eigenvalue weighted by atomic mass is 9.97. The number of piperidine rings is 1. The number of nitrogens with one attached hydrogen (secondary N) is 1. The van der Waals surface area contributed by atoms with E-state index in [1.807, 2.05) is 19.9 Å². The minimum absolute atomic E-state index is 0.0754. The third-order valence-electron chi connectivity index (χ3n) is 7.19. The van der Waals surface area contributed by atoms with Crippen LogP contribution in [-0.4, -0.2) is 43.4 Å². The highest BCUT2D eigenvalue weighted by Gasteiger charge is 2.29. The molecule has 3 aromatic rings. The van der Waals surface area contributed by atoms with Crippen LogP contribution >= 0.6 is 0 Å². The van der Waals surface area contributed by atoms with Gasteiger partial charge in [0.05, 0.1) is 29.5 Å². The van der Waals surface area contributed by atoms with Crippen molar-refractivity contribution in [3.63, 3.8) is 0 Å². The van der Waals surface area contributed by atoms with Gasteiger partial charge >= 0.3 is 0 Å². The van der Waals surface area contributed by atoms with Crippen LogP contribution in [0.5, 0.6) is 0 Å². The number of carbonyl (C=O) groups excluding carboxylic acids is 1. The predicted molar refractivity (Wildman–Crippen MR) is 128 cm³/mol. The first-order valence-electron chi connectivity index (χ1n) is 12.1. The van der Waals surface area contributed by atoms with E-state index in [-0.39, 0.29) is 23.4 Å². The Kier molecular flexibility index (Phi) is 5.83. The van der Waals surface area contributed by atoms with Gasteiger partial charge in [0, 0.05) is 31.5 Å². The summed E-state index contributed by atoms with van der Waals surface area (Å²) in [7, 11) is 0. The Morgan fingerprint density at radius 2 is 2.03 bits per heavy atom. The van der Waals surface area contributed by atoms with Crippen LogP contribution in [0.2, 0.25) is 0 Å². The average Bonchev–Trinajstić information content (AvgIpc) is 3.24. The molecule has 1 fully saturated rings. The van der Waals surface area contributed by atoms with Gasteiger partial charge in [0.1, 0.15) is 0 Å². The Bertz CT molecular complexity index is 1240. The molecule has 5 rings (SSSR count). The molecule has 33 heavy (non-hydrogen) atoms. The Morgan fingerprint density at radius 1 is 1.21 bits per heavy atom. The second-order valence-corrected chi connectivity index (χ2v) is 9.82. The molecule has 2 aromatic heterocycles. The number of hydrogen-bond acceptors (Lipinski definition) is 4. The summed E-state index contributed by atoms with van der Waals surface area (Å²) in [5.41, 5.74) is 5.78. The lowest BCUT2D eigenvalue weighted by molar-refractivity contribution is -0.135. The van der Waals surface area contributed by atoms with Gasteiger partial charge in [-0.2, -0.15) is 0 Å². The van der Waals surface area contributed by atoms with Crippen LogP contribution in [-0.2, 0) is 24.3 Å². The van der Waals surface area contributed by atoms with Crippen LogP contribution in [0.3, 0.4) is 0 Å². The Hall–Kier alpha value is -2.93. The maximum atomic E-state index is 13.4. The predicted octanol–water partition coefficient (Wildman–Crippen LogP) is 3.60. The molecule has 1 atom stereocenters. The molecule has 1 saturated heterocycles. The van der Waals surface area contributed by atoms with E-state index in [1.54, 1.807) is 9.42 Å². The van der Waals surface area contributed by atoms with Gasteiger partial charge in [-0.1, -0.05) is 44.5 Å². The zero-order valence-electron chi connectivity index (χ0n) is 19.8. The monoisotopic (exact) mass is 447 g/mol. The number of benzene rings is 1. The van der Waals surface area contributed by atoms with E-state index < -0.39 is 0 Å². The molecule has 4 heterocycles. The third kappa shape index (κ3) is 4.10. The van der Waals surface area contributed by atoms with E-state index in [4.69, 9.17) is 4.98 Å². The first-order chi connectivity index (χ1) is 15.9. The van der Waals surface area contributed by atoms with Gasteiger partial charge in [0.15, 0.2) is 5.65 Å². The number of H-pyrrole nitrogens is 1. The fourth-order valence-corrected chi connectivity index (χ4v) is 5.26. The summed E-state index contributed by atoms with van der Waals surface area (Å²) >= 11 is 0. The van der Waals surface area contributed by atoms with Crippen molar-refractivity contribution in [1.29, 1.82) is 0 Å². The van der Waals surface area contributed by atoms with Gasteiger partial charge in [0.25, 0.3) is 5.56 Å². The van der Waals surface area contributed by atoms with E-state index in [2.05, 4.69) is 41.2 Å². The fourth-order valence-electron chi connectivity index (χ4n) is 5.26. The molecule has 0 bridgehead atoms. The molecule has 1 N–H and O–H groups in total. The average molecular weight is 448 g/mol. The van der Waals surface area contributed by atoms with Crippen molar-refractivity contribution in [2.45, 2.75) is 65.6 Å². The molecule has 174 valence electrons. The van der Waals surface area contributed by atoms with Gasteiger partial charge in [-0.25, -0.2) is 9.50 Å². The third-order valence-corrected chi connectivity index (χ3v) is 7.19. The molecular weight excluding hydrogens is 414 g/mol. The molecule has 7 nitrogen and oxygen atoms in total. The van der Waals surface area contributed by atoms with Crippen molar-refractivity contribution >= 4 is 11.6 Å². The number of likely N-dealkylation sites (tertiary alicyclic amines) is 1. The van der Waals surface area contributed by atoms with Crippen LogP contribution < -0.4 is 5.56 Å². The molecule has 0 aliphatic carbocycles. The van der Waals surface area contributed by atoms with Gasteiger partial charge in [0.2, 0.25) is 5.91 Å². The SMILES string of the molecule is Cc1ccccc1CN1CCCC[C@@H]1c1cc2nc3c(c(=O)n2[nH]1)CN(C(=O)C(C)C)CC3. The van der Waals surface area contributed by atoms with Crippen LogP contribution in [0.4, 0.5) is 0 Å². The molecular formula is C26H33N5O2. The maximum absolute atomic E-state index is 13.4. The minimum Gasteiger partial charge on any atom is -0.337 e. The van der Waals surface area contributed by atoms with Crippen molar-refractivity contribution in [2.75, 3.05) is 13.1 Å². The number of aryl methyl sites for hydroxylation is 1. The van der Waals surface area contributed by atoms with Crippen molar-refractivity contribution < 1.29 is 4.79 Å². The first kappa shape index (κ1) is 21.9. The van der Waals surface area contributed by atoms with Crippen LogP contribution in [0.15, 0.2) is 35.1 Å². The highest BCUT2D eigenvalue weighted by atomic mass is 16.2. The number of aromatic amines is 1. The number of amides is 1. The molecule has 0 unspecified atom stereocenters. The molecule has 2 aliphatic rings. The highest BCUT2D eigenvalue weighted by Crippen LogP contribution is 2.32. The van der Waals surface area contributed by atoms with Gasteiger partial charge in [-0.3, -0.25) is 19.6 Å². The number of nitrogens with zero attached hydrogens (tertiary/aromatic N) is 4. The van der Waals surface area contributed by atoms with Gasteiger partial charge < -0.3 is 4.90 Å². The summed E-state index contributed by atoms with van der Waals surface area (Å²) < 4.78 is 1.58. The molecule has 0 spiro atoms. The minimum atomic E-state index is -0.0798. The smallest absolute Gasteiger partial charge is 0.277 e. The maximum Gasteiger partial charge on any atom is 0.277 e. The standard InChI is InChI=1S/C26H33N5O2/c1-17(2)25(32)30-13-11-21-20(16-30)26(33)31-24(27-21)14-22(28-31)23-10-6-7-12-29(23)15-19-9-5-4-8-18(19)3/h4-5,8-9,14,17,23,28H,6-7,10-13,15-16H2,1-3H3/t23-/m1/s1. The van der Waals surface area contributed by atoms with Gasteiger partial charge in [-0.05, 0) is 37.4 Å². The second-order valence-electron chi connectivity index (χ2n) is 9.82. The van der Waals surface area contributed by atoms with Crippen LogP contribution in [0.1, 0.15) is 67.2 Å². The number of fused-ring (bicyclic) bond motifs is 2. The second kappa shape index (κ2) is 8.78. The Labute approximate surface area is 194 Å². The Morgan fingerprint density at radius 3 is 2.82 bits per heavy atom. The first-order valence-corrected chi connectivity index (χ1v) is 12.1. The highest BCUT2D eigenvalue weighted by molar-refractivity contribution is 5.78. The van der Waals surface area contributed by atoms with Crippen molar-refractivity contribution in [3.05, 3.63) is 68.8 Å².